The maximum Gasteiger partial charge on any atom is 0.316 e. The maximum absolute atomic E-state index is 14.2. The fourth-order valence-corrected chi connectivity index (χ4v) is 6.90. The average Bonchev–Trinajstić information content (AvgIpc) is 3.72. The van der Waals surface area contributed by atoms with E-state index < -0.39 is 0 Å². The van der Waals surface area contributed by atoms with E-state index in [1.807, 2.05) is 19.1 Å². The van der Waals surface area contributed by atoms with Crippen molar-refractivity contribution in [2.75, 3.05) is 31.3 Å². The van der Waals surface area contributed by atoms with Crippen LogP contribution in [0.5, 0.6) is 6.01 Å². The molecule has 3 aromatic rings. The van der Waals surface area contributed by atoms with Gasteiger partial charge >= 0.3 is 6.01 Å². The minimum absolute atomic E-state index is 0.0233. The Balaban J connectivity index is 1.29. The van der Waals surface area contributed by atoms with Crippen LogP contribution in [0.2, 0.25) is 0 Å². The molecule has 0 N–H and O–H groups in total. The maximum atomic E-state index is 14.2. The first-order chi connectivity index (χ1) is 19.7. The third kappa shape index (κ3) is 5.48. The quantitative estimate of drug-likeness (QED) is 0.337. The summed E-state index contributed by atoms with van der Waals surface area (Å²) in [6.07, 6.45) is 10.2. The first-order valence-corrected chi connectivity index (χ1v) is 15.0. The van der Waals surface area contributed by atoms with Crippen LogP contribution in [0, 0.1) is 11.3 Å². The lowest BCUT2D eigenvalue weighted by Gasteiger charge is -2.36. The SMILES string of the molecule is CCOc1ncc(-c2cccc(N(CC34CCC(c5nc(C(C)(C)C)no5)(CC3)C4)C(=O)C3CCOCC3)c2)cn1. The molecule has 0 spiro atoms. The Labute approximate surface area is 242 Å². The number of anilines is 1. The molecule has 2 aromatic heterocycles. The predicted octanol–water partition coefficient (Wildman–Crippen LogP) is 5.88. The van der Waals surface area contributed by atoms with E-state index in [1.54, 1.807) is 12.4 Å². The summed E-state index contributed by atoms with van der Waals surface area (Å²) in [7, 11) is 0. The topological polar surface area (TPSA) is 103 Å². The standard InChI is InChI=1S/C32H41N5O4/c1-5-40-29-33-18-24(19-34-29)23-7-6-8-25(17-23)37(26(38)22-9-15-39-16-10-22)21-31-11-13-32(20-31,14-12-31)28-35-27(36-41-28)30(2,3)4/h6-8,17-19,22H,5,9-16,20-21H2,1-4H3. The van der Waals surface area contributed by atoms with Crippen molar-refractivity contribution in [2.45, 2.75) is 83.5 Å². The smallest absolute Gasteiger partial charge is 0.316 e. The first-order valence-electron chi connectivity index (χ1n) is 15.0. The fourth-order valence-electron chi connectivity index (χ4n) is 6.90. The summed E-state index contributed by atoms with van der Waals surface area (Å²) < 4.78 is 16.9. The molecule has 3 aliphatic rings. The number of amides is 1. The molecule has 9 heteroatoms. The first kappa shape index (κ1) is 27.8. The van der Waals surface area contributed by atoms with E-state index in [4.69, 9.17) is 19.0 Å². The van der Waals surface area contributed by atoms with Gasteiger partial charge in [0.2, 0.25) is 11.8 Å². The van der Waals surface area contributed by atoms with E-state index in [-0.39, 0.29) is 28.1 Å². The molecule has 1 saturated heterocycles. The van der Waals surface area contributed by atoms with Crippen LogP contribution >= 0.6 is 0 Å². The molecule has 0 unspecified atom stereocenters. The molecule has 1 aromatic carbocycles. The molecule has 9 nitrogen and oxygen atoms in total. The van der Waals surface area contributed by atoms with Crippen molar-refractivity contribution in [3.63, 3.8) is 0 Å². The molecule has 3 heterocycles. The Hall–Kier alpha value is -3.33. The summed E-state index contributed by atoms with van der Waals surface area (Å²) in [5, 5.41) is 4.34. The van der Waals surface area contributed by atoms with E-state index in [0.29, 0.717) is 32.4 Å². The molecule has 218 valence electrons. The summed E-state index contributed by atoms with van der Waals surface area (Å²) in [6, 6.07) is 8.57. The zero-order valence-corrected chi connectivity index (χ0v) is 24.7. The van der Waals surface area contributed by atoms with E-state index in [2.05, 4.69) is 52.9 Å². The Morgan fingerprint density at radius 1 is 1.07 bits per heavy atom. The molecular weight excluding hydrogens is 518 g/mol. The van der Waals surface area contributed by atoms with Gasteiger partial charge in [0.1, 0.15) is 0 Å². The van der Waals surface area contributed by atoms with Crippen LogP contribution in [0.15, 0.2) is 41.2 Å². The molecule has 6 rings (SSSR count). The van der Waals surface area contributed by atoms with Crippen LogP contribution in [0.25, 0.3) is 11.1 Å². The number of carbonyl (C=O) groups is 1. The van der Waals surface area contributed by atoms with Gasteiger partial charge in [-0.05, 0) is 75.0 Å². The van der Waals surface area contributed by atoms with Gasteiger partial charge in [-0.3, -0.25) is 4.79 Å². The van der Waals surface area contributed by atoms with Crippen molar-refractivity contribution in [1.29, 1.82) is 0 Å². The summed E-state index contributed by atoms with van der Waals surface area (Å²) >= 11 is 0. The molecule has 2 bridgehead atoms. The Morgan fingerprint density at radius 2 is 1.80 bits per heavy atom. The minimum Gasteiger partial charge on any atom is -0.464 e. The summed E-state index contributed by atoms with van der Waals surface area (Å²) in [6.45, 7) is 10.7. The highest BCUT2D eigenvalue weighted by molar-refractivity contribution is 5.96. The van der Waals surface area contributed by atoms with E-state index in [0.717, 1.165) is 73.5 Å². The fraction of sp³-hybridized carbons (Fsp3) is 0.594. The lowest BCUT2D eigenvalue weighted by Crippen LogP contribution is -2.44. The van der Waals surface area contributed by atoms with E-state index in [1.165, 1.54) is 0 Å². The van der Waals surface area contributed by atoms with Gasteiger partial charge in [-0.2, -0.15) is 4.98 Å². The molecule has 1 aliphatic heterocycles. The van der Waals surface area contributed by atoms with Crippen molar-refractivity contribution in [3.8, 4) is 17.1 Å². The van der Waals surface area contributed by atoms with Gasteiger partial charge in [0.15, 0.2) is 5.82 Å². The van der Waals surface area contributed by atoms with Crippen molar-refractivity contribution in [2.24, 2.45) is 11.3 Å². The number of ether oxygens (including phenoxy) is 2. The number of hydrogen-bond donors (Lipinski definition) is 0. The van der Waals surface area contributed by atoms with E-state index in [9.17, 15) is 4.79 Å². The molecule has 1 amide bonds. The summed E-state index contributed by atoms with van der Waals surface area (Å²) in [4.78, 5) is 29.8. The minimum atomic E-state index is -0.154. The lowest BCUT2D eigenvalue weighted by molar-refractivity contribution is -0.125. The number of rotatable bonds is 8. The van der Waals surface area contributed by atoms with Crippen LogP contribution < -0.4 is 9.64 Å². The second-order valence-corrected chi connectivity index (χ2v) is 13.2. The normalized spacial score (nSPS) is 24.5. The van der Waals surface area contributed by atoms with Crippen molar-refractivity contribution < 1.29 is 18.8 Å². The van der Waals surface area contributed by atoms with Crippen LogP contribution in [-0.4, -0.2) is 52.4 Å². The molecule has 41 heavy (non-hydrogen) atoms. The predicted molar refractivity (Wildman–Crippen MR) is 155 cm³/mol. The van der Waals surface area contributed by atoms with Gasteiger partial charge in [0.05, 0.1) is 12.0 Å². The zero-order chi connectivity index (χ0) is 28.7. The Morgan fingerprint density at radius 3 is 2.46 bits per heavy atom. The monoisotopic (exact) mass is 559 g/mol. The highest BCUT2D eigenvalue weighted by atomic mass is 16.5. The van der Waals surface area contributed by atoms with Gasteiger partial charge in [0.25, 0.3) is 0 Å². The molecule has 0 atom stereocenters. The highest BCUT2D eigenvalue weighted by Gasteiger charge is 2.58. The Kier molecular flexibility index (Phi) is 7.34. The van der Waals surface area contributed by atoms with Crippen LogP contribution in [-0.2, 0) is 20.4 Å². The van der Waals surface area contributed by atoms with Gasteiger partial charge in [-0.1, -0.05) is 38.1 Å². The van der Waals surface area contributed by atoms with Crippen molar-refractivity contribution >= 4 is 11.6 Å². The largest absolute Gasteiger partial charge is 0.464 e. The molecule has 2 saturated carbocycles. The number of nitrogens with zero attached hydrogens (tertiary/aromatic N) is 5. The average molecular weight is 560 g/mol. The lowest BCUT2D eigenvalue weighted by atomic mass is 9.81. The second-order valence-electron chi connectivity index (χ2n) is 13.2. The zero-order valence-electron chi connectivity index (χ0n) is 24.7. The van der Waals surface area contributed by atoms with Gasteiger partial charge in [-0.25, -0.2) is 9.97 Å². The molecule has 0 radical (unpaired) electrons. The summed E-state index contributed by atoms with van der Waals surface area (Å²) in [5.41, 5.74) is 2.55. The number of fused-ring (bicyclic) bond motifs is 2. The molecular formula is C32H41N5O4. The molecule has 3 fully saturated rings. The summed E-state index contributed by atoms with van der Waals surface area (Å²) in [5.74, 6) is 1.70. The third-order valence-corrected chi connectivity index (χ3v) is 9.25. The van der Waals surface area contributed by atoms with Crippen LogP contribution in [0.3, 0.4) is 0 Å². The van der Waals surface area contributed by atoms with Gasteiger partial charge in [0, 0.05) is 54.7 Å². The van der Waals surface area contributed by atoms with Crippen LogP contribution in [0.1, 0.15) is 84.4 Å². The Bertz CT molecular complexity index is 1370. The van der Waals surface area contributed by atoms with Crippen molar-refractivity contribution in [3.05, 3.63) is 48.4 Å². The van der Waals surface area contributed by atoms with Gasteiger partial charge < -0.3 is 18.9 Å². The van der Waals surface area contributed by atoms with Crippen LogP contribution in [0.4, 0.5) is 5.69 Å². The van der Waals surface area contributed by atoms with Crippen molar-refractivity contribution in [1.82, 2.24) is 20.1 Å². The molecule has 2 aliphatic carbocycles. The number of benzene rings is 1. The number of carbonyl (C=O) groups excluding carboxylic acids is 1. The third-order valence-electron chi connectivity index (χ3n) is 9.25. The highest BCUT2D eigenvalue weighted by Crippen LogP contribution is 2.62. The van der Waals surface area contributed by atoms with E-state index >= 15 is 0 Å². The second kappa shape index (κ2) is 10.8. The van der Waals surface area contributed by atoms with Gasteiger partial charge in [-0.15, -0.1) is 0 Å². The number of hydrogen-bond acceptors (Lipinski definition) is 8. The number of aromatic nitrogens is 4.